The van der Waals surface area contributed by atoms with Gasteiger partial charge in [0.05, 0.1) is 19.4 Å². The molecule has 9 heteroatoms. The molecule has 8 nitrogen and oxygen atoms in total. The topological polar surface area (TPSA) is 79.8 Å². The van der Waals surface area contributed by atoms with Crippen LogP contribution in [-0.2, 0) is 11.3 Å². The number of rotatable bonds is 9. The zero-order chi connectivity index (χ0) is 22.9. The van der Waals surface area contributed by atoms with Crippen LogP contribution >= 0.6 is 11.6 Å². The predicted molar refractivity (Wildman–Crippen MR) is 126 cm³/mol. The van der Waals surface area contributed by atoms with Gasteiger partial charge in [-0.25, -0.2) is 14.7 Å². The van der Waals surface area contributed by atoms with Gasteiger partial charge < -0.3 is 19.7 Å². The average molecular weight is 456 g/mol. The molecule has 0 saturated carbocycles. The second-order valence-corrected chi connectivity index (χ2v) is 7.32. The fourth-order valence-electron chi connectivity index (χ4n) is 2.95. The largest absolute Gasteiger partial charge is 0.497 e. The summed E-state index contributed by atoms with van der Waals surface area (Å²) in [6.07, 6.45) is 1.62. The van der Waals surface area contributed by atoms with Gasteiger partial charge in [0.15, 0.2) is 0 Å². The highest BCUT2D eigenvalue weighted by molar-refractivity contribution is 6.31. The van der Waals surface area contributed by atoms with Crippen molar-refractivity contribution in [3.8, 4) is 5.75 Å². The molecule has 3 rings (SSSR count). The van der Waals surface area contributed by atoms with Gasteiger partial charge in [0.25, 0.3) is 0 Å². The van der Waals surface area contributed by atoms with Crippen LogP contribution in [0.5, 0.6) is 5.75 Å². The van der Waals surface area contributed by atoms with Crippen LogP contribution < -0.4 is 19.9 Å². The van der Waals surface area contributed by atoms with E-state index < -0.39 is 0 Å². The van der Waals surface area contributed by atoms with Crippen LogP contribution in [0.3, 0.4) is 0 Å². The number of ether oxygens (including phenoxy) is 2. The Morgan fingerprint density at radius 1 is 1.09 bits per heavy atom. The molecule has 1 N–H and O–H groups in total. The number of methoxy groups -OCH3 is 2. The number of amides is 2. The second-order valence-electron chi connectivity index (χ2n) is 6.91. The minimum absolute atomic E-state index is 0.275. The lowest BCUT2D eigenvalue weighted by atomic mass is 10.2. The zero-order valence-corrected chi connectivity index (χ0v) is 19.0. The van der Waals surface area contributed by atoms with Crippen molar-refractivity contribution in [1.29, 1.82) is 0 Å². The fourth-order valence-corrected chi connectivity index (χ4v) is 3.15. The summed E-state index contributed by atoms with van der Waals surface area (Å²) in [6.45, 7) is 1.42. The van der Waals surface area contributed by atoms with E-state index in [9.17, 15) is 4.79 Å². The van der Waals surface area contributed by atoms with E-state index in [2.05, 4.69) is 15.3 Å². The number of carbonyl (C=O) groups excluding carboxylic acids is 1. The molecule has 3 aromatic rings. The van der Waals surface area contributed by atoms with Gasteiger partial charge in [-0.05, 0) is 35.9 Å². The standard InChI is InChI=1S/C23H26ClN5O3/c1-28(14-15-31-2)22-25-13-12-21(27-22)29(18-8-10-19(32-3)11-9-18)23(30)26-16-17-6-4-5-7-20(17)24/h4-13H,14-16H2,1-3H3,(H,26,30). The molecule has 32 heavy (non-hydrogen) atoms. The van der Waals surface area contributed by atoms with Crippen molar-refractivity contribution in [3.05, 3.63) is 71.4 Å². The van der Waals surface area contributed by atoms with E-state index >= 15 is 0 Å². The van der Waals surface area contributed by atoms with Crippen LogP contribution in [0.25, 0.3) is 0 Å². The molecule has 0 aliphatic carbocycles. The third-order valence-electron chi connectivity index (χ3n) is 4.75. The molecular weight excluding hydrogens is 430 g/mol. The highest BCUT2D eigenvalue weighted by Gasteiger charge is 2.21. The van der Waals surface area contributed by atoms with Crippen LogP contribution in [-0.4, -0.2) is 50.4 Å². The van der Waals surface area contributed by atoms with E-state index in [4.69, 9.17) is 21.1 Å². The Morgan fingerprint density at radius 2 is 1.84 bits per heavy atom. The van der Waals surface area contributed by atoms with E-state index in [1.54, 1.807) is 56.8 Å². The molecule has 0 saturated heterocycles. The van der Waals surface area contributed by atoms with Crippen molar-refractivity contribution >= 4 is 35.1 Å². The molecule has 2 amide bonds. The molecule has 2 aromatic carbocycles. The first-order chi connectivity index (χ1) is 15.5. The lowest BCUT2D eigenvalue weighted by Gasteiger charge is -2.24. The van der Waals surface area contributed by atoms with Gasteiger partial charge in [-0.3, -0.25) is 0 Å². The third-order valence-corrected chi connectivity index (χ3v) is 5.12. The van der Waals surface area contributed by atoms with Crippen molar-refractivity contribution in [2.75, 3.05) is 44.2 Å². The van der Waals surface area contributed by atoms with Crippen molar-refractivity contribution in [3.63, 3.8) is 0 Å². The summed E-state index contributed by atoms with van der Waals surface area (Å²) in [6, 6.07) is 15.9. The highest BCUT2D eigenvalue weighted by Crippen LogP contribution is 2.27. The number of hydrogen-bond donors (Lipinski definition) is 1. The maximum atomic E-state index is 13.3. The molecule has 168 valence electrons. The predicted octanol–water partition coefficient (Wildman–Crippen LogP) is 4.27. The molecule has 0 fully saturated rings. The number of urea groups is 1. The maximum absolute atomic E-state index is 13.3. The van der Waals surface area contributed by atoms with Gasteiger partial charge in [0, 0.05) is 44.5 Å². The molecule has 0 bridgehead atoms. The summed E-state index contributed by atoms with van der Waals surface area (Å²) in [7, 11) is 5.10. The summed E-state index contributed by atoms with van der Waals surface area (Å²) in [5.74, 6) is 1.60. The number of nitrogens with one attached hydrogen (secondary N) is 1. The van der Waals surface area contributed by atoms with Crippen molar-refractivity contribution in [1.82, 2.24) is 15.3 Å². The van der Waals surface area contributed by atoms with Crippen molar-refractivity contribution in [2.45, 2.75) is 6.54 Å². The Bertz CT molecular complexity index is 1030. The van der Waals surface area contributed by atoms with Crippen LogP contribution in [0.2, 0.25) is 5.02 Å². The van der Waals surface area contributed by atoms with E-state index in [0.717, 1.165) is 5.56 Å². The van der Waals surface area contributed by atoms with Crippen molar-refractivity contribution in [2.24, 2.45) is 0 Å². The Morgan fingerprint density at radius 3 is 2.53 bits per heavy atom. The van der Waals surface area contributed by atoms with E-state index in [0.29, 0.717) is 41.4 Å². The van der Waals surface area contributed by atoms with Crippen LogP contribution in [0.4, 0.5) is 22.2 Å². The molecule has 0 aliphatic rings. The molecule has 0 spiro atoms. The summed E-state index contributed by atoms with van der Waals surface area (Å²) in [5.41, 5.74) is 1.45. The van der Waals surface area contributed by atoms with Crippen molar-refractivity contribution < 1.29 is 14.3 Å². The maximum Gasteiger partial charge on any atom is 0.327 e. The van der Waals surface area contributed by atoms with Gasteiger partial charge >= 0.3 is 6.03 Å². The van der Waals surface area contributed by atoms with Gasteiger partial charge in [-0.1, -0.05) is 29.8 Å². The molecule has 0 atom stereocenters. The number of anilines is 3. The molecular formula is C23H26ClN5O3. The average Bonchev–Trinajstić information content (AvgIpc) is 2.83. The summed E-state index contributed by atoms with van der Waals surface area (Å²) in [5, 5.41) is 3.52. The monoisotopic (exact) mass is 455 g/mol. The first-order valence-electron chi connectivity index (χ1n) is 10.0. The Hall–Kier alpha value is -3.36. The van der Waals surface area contributed by atoms with Gasteiger partial charge in [0.2, 0.25) is 5.95 Å². The van der Waals surface area contributed by atoms with E-state index in [1.165, 1.54) is 4.90 Å². The van der Waals surface area contributed by atoms with E-state index in [1.807, 2.05) is 30.1 Å². The third kappa shape index (κ3) is 5.87. The normalized spacial score (nSPS) is 10.5. The van der Waals surface area contributed by atoms with Crippen LogP contribution in [0.1, 0.15) is 5.56 Å². The lowest BCUT2D eigenvalue weighted by molar-refractivity contribution is 0.206. The number of carbonyl (C=O) groups is 1. The summed E-state index contributed by atoms with van der Waals surface area (Å²) >= 11 is 6.24. The Labute approximate surface area is 192 Å². The quantitative estimate of drug-likeness (QED) is 0.519. The molecule has 1 heterocycles. The number of nitrogens with zero attached hydrogens (tertiary/aromatic N) is 4. The minimum Gasteiger partial charge on any atom is -0.497 e. The Balaban J connectivity index is 1.90. The highest BCUT2D eigenvalue weighted by atomic mass is 35.5. The molecule has 0 unspecified atom stereocenters. The molecule has 0 aliphatic heterocycles. The second kappa shape index (κ2) is 11.3. The number of aromatic nitrogens is 2. The number of halogens is 1. The molecule has 1 aromatic heterocycles. The first-order valence-corrected chi connectivity index (χ1v) is 10.4. The zero-order valence-electron chi connectivity index (χ0n) is 18.3. The van der Waals surface area contributed by atoms with Crippen LogP contribution in [0, 0.1) is 0 Å². The smallest absolute Gasteiger partial charge is 0.327 e. The number of benzene rings is 2. The van der Waals surface area contributed by atoms with Gasteiger partial charge in [0.1, 0.15) is 11.6 Å². The summed E-state index contributed by atoms with van der Waals surface area (Å²) in [4.78, 5) is 25.6. The summed E-state index contributed by atoms with van der Waals surface area (Å²) < 4.78 is 10.4. The first kappa shape index (κ1) is 23.3. The lowest BCUT2D eigenvalue weighted by Crippen LogP contribution is -2.37. The van der Waals surface area contributed by atoms with E-state index in [-0.39, 0.29) is 12.6 Å². The number of likely N-dealkylation sites (N-methyl/N-ethyl adjacent to an activating group) is 1. The van der Waals surface area contributed by atoms with Crippen LogP contribution in [0.15, 0.2) is 60.8 Å². The van der Waals surface area contributed by atoms with Gasteiger partial charge in [-0.2, -0.15) is 4.98 Å². The fraction of sp³-hybridized carbons (Fsp3) is 0.261. The molecule has 0 radical (unpaired) electrons. The number of hydrogen-bond acceptors (Lipinski definition) is 6. The van der Waals surface area contributed by atoms with Gasteiger partial charge in [-0.15, -0.1) is 0 Å². The SMILES string of the molecule is COCCN(C)c1nccc(N(C(=O)NCc2ccccc2Cl)c2ccc(OC)cc2)n1. The minimum atomic E-state index is -0.348. The Kier molecular flexibility index (Phi) is 8.24.